The van der Waals surface area contributed by atoms with Crippen molar-refractivity contribution in [2.24, 2.45) is 0 Å². The first-order valence-corrected chi connectivity index (χ1v) is 4.88. The molecule has 0 aliphatic carbocycles. The van der Waals surface area contributed by atoms with Crippen LogP contribution in [0.4, 0.5) is 0 Å². The zero-order valence-corrected chi connectivity index (χ0v) is 8.49. The molecule has 1 aromatic rings. The minimum absolute atomic E-state index is 0.649. The van der Waals surface area contributed by atoms with Gasteiger partial charge < -0.3 is 4.74 Å². The van der Waals surface area contributed by atoms with Gasteiger partial charge in [0.05, 0.1) is 0 Å². The third-order valence-corrected chi connectivity index (χ3v) is 2.35. The monoisotopic (exact) mass is 178 g/mol. The van der Waals surface area contributed by atoms with Gasteiger partial charge in [0, 0.05) is 13.7 Å². The predicted octanol–water partition coefficient (Wildman–Crippen LogP) is 3.22. The molecule has 0 saturated carbocycles. The van der Waals surface area contributed by atoms with Crippen LogP contribution in [-0.2, 0) is 4.74 Å². The molecule has 0 saturated heterocycles. The van der Waals surface area contributed by atoms with Gasteiger partial charge in [-0.3, -0.25) is 0 Å². The fourth-order valence-electron chi connectivity index (χ4n) is 1.48. The van der Waals surface area contributed by atoms with E-state index in [4.69, 9.17) is 4.74 Å². The van der Waals surface area contributed by atoms with Gasteiger partial charge in [0.25, 0.3) is 0 Å². The fraction of sp³-hybridized carbons (Fsp3) is 0.500. The van der Waals surface area contributed by atoms with Crippen LogP contribution in [0.25, 0.3) is 0 Å². The molecule has 0 aliphatic rings. The quantitative estimate of drug-likeness (QED) is 0.629. The maximum atomic E-state index is 5.03. The SMILES string of the molecule is COCCC[C@H](C)c1ccccc1. The first kappa shape index (κ1) is 10.3. The van der Waals surface area contributed by atoms with Crippen LogP contribution in [0.3, 0.4) is 0 Å². The van der Waals surface area contributed by atoms with Crippen LogP contribution in [0.2, 0.25) is 0 Å². The van der Waals surface area contributed by atoms with Crippen LogP contribution in [-0.4, -0.2) is 13.7 Å². The van der Waals surface area contributed by atoms with E-state index in [9.17, 15) is 0 Å². The molecule has 0 spiro atoms. The Hall–Kier alpha value is -0.820. The molecule has 1 atom stereocenters. The number of rotatable bonds is 5. The minimum atomic E-state index is 0.649. The van der Waals surface area contributed by atoms with Crippen molar-refractivity contribution in [1.29, 1.82) is 0 Å². The highest BCUT2D eigenvalue weighted by Crippen LogP contribution is 2.19. The van der Waals surface area contributed by atoms with E-state index in [0.29, 0.717) is 5.92 Å². The molecule has 13 heavy (non-hydrogen) atoms. The average molecular weight is 178 g/mol. The molecule has 1 nitrogen and oxygen atoms in total. The molecule has 0 aliphatic heterocycles. The van der Waals surface area contributed by atoms with Crippen molar-refractivity contribution in [3.63, 3.8) is 0 Å². The highest BCUT2D eigenvalue weighted by Gasteiger charge is 2.03. The van der Waals surface area contributed by atoms with Gasteiger partial charge in [0.1, 0.15) is 0 Å². The van der Waals surface area contributed by atoms with Gasteiger partial charge in [-0.15, -0.1) is 0 Å². The Morgan fingerprint density at radius 3 is 2.54 bits per heavy atom. The third kappa shape index (κ3) is 3.60. The summed E-state index contributed by atoms with van der Waals surface area (Å²) in [6, 6.07) is 10.6. The number of methoxy groups -OCH3 is 1. The molecule has 1 rings (SSSR count). The summed E-state index contributed by atoms with van der Waals surface area (Å²) >= 11 is 0. The van der Waals surface area contributed by atoms with Crippen LogP contribution < -0.4 is 0 Å². The van der Waals surface area contributed by atoms with Gasteiger partial charge in [-0.25, -0.2) is 0 Å². The predicted molar refractivity (Wildman–Crippen MR) is 56.0 cm³/mol. The summed E-state index contributed by atoms with van der Waals surface area (Å²) in [6.45, 7) is 3.14. The topological polar surface area (TPSA) is 9.23 Å². The molecule has 0 bridgehead atoms. The average Bonchev–Trinajstić information content (AvgIpc) is 2.19. The van der Waals surface area contributed by atoms with Gasteiger partial charge in [-0.1, -0.05) is 37.3 Å². The molecule has 0 unspecified atom stereocenters. The van der Waals surface area contributed by atoms with Crippen molar-refractivity contribution < 1.29 is 4.74 Å². The van der Waals surface area contributed by atoms with Gasteiger partial charge in [0.15, 0.2) is 0 Å². The van der Waals surface area contributed by atoms with Gasteiger partial charge in [-0.2, -0.15) is 0 Å². The van der Waals surface area contributed by atoms with E-state index in [1.54, 1.807) is 7.11 Å². The van der Waals surface area contributed by atoms with Crippen molar-refractivity contribution in [1.82, 2.24) is 0 Å². The summed E-state index contributed by atoms with van der Waals surface area (Å²) in [4.78, 5) is 0. The Kier molecular flexibility index (Phi) is 4.55. The highest BCUT2D eigenvalue weighted by molar-refractivity contribution is 5.18. The lowest BCUT2D eigenvalue weighted by molar-refractivity contribution is 0.191. The lowest BCUT2D eigenvalue weighted by Gasteiger charge is -2.10. The third-order valence-electron chi connectivity index (χ3n) is 2.35. The Balaban J connectivity index is 2.35. The molecular formula is C12H18O. The van der Waals surface area contributed by atoms with Crippen LogP contribution in [0.5, 0.6) is 0 Å². The summed E-state index contributed by atoms with van der Waals surface area (Å²) in [5, 5.41) is 0. The molecule has 1 aromatic carbocycles. The van der Waals surface area contributed by atoms with E-state index in [-0.39, 0.29) is 0 Å². The van der Waals surface area contributed by atoms with Crippen molar-refractivity contribution in [2.75, 3.05) is 13.7 Å². The van der Waals surface area contributed by atoms with E-state index < -0.39 is 0 Å². The largest absolute Gasteiger partial charge is 0.385 e. The summed E-state index contributed by atoms with van der Waals surface area (Å²) in [7, 11) is 1.76. The van der Waals surface area contributed by atoms with Crippen LogP contribution in [0.1, 0.15) is 31.2 Å². The van der Waals surface area contributed by atoms with Crippen LogP contribution >= 0.6 is 0 Å². The van der Waals surface area contributed by atoms with E-state index in [0.717, 1.165) is 13.0 Å². The second-order valence-corrected chi connectivity index (χ2v) is 3.45. The Morgan fingerprint density at radius 2 is 1.92 bits per heavy atom. The Morgan fingerprint density at radius 1 is 1.23 bits per heavy atom. The Bertz CT molecular complexity index is 218. The number of ether oxygens (including phenoxy) is 1. The Labute approximate surface area is 80.7 Å². The zero-order chi connectivity index (χ0) is 9.52. The second kappa shape index (κ2) is 5.76. The molecular weight excluding hydrogens is 160 g/mol. The molecule has 0 fully saturated rings. The summed E-state index contributed by atoms with van der Waals surface area (Å²) in [6.07, 6.45) is 2.35. The van der Waals surface area contributed by atoms with Crippen molar-refractivity contribution in [3.05, 3.63) is 35.9 Å². The molecule has 0 radical (unpaired) electrons. The van der Waals surface area contributed by atoms with Gasteiger partial charge in [0.2, 0.25) is 0 Å². The summed E-state index contributed by atoms with van der Waals surface area (Å²) in [5.41, 5.74) is 1.43. The zero-order valence-electron chi connectivity index (χ0n) is 8.49. The van der Waals surface area contributed by atoms with Crippen molar-refractivity contribution >= 4 is 0 Å². The first-order valence-electron chi connectivity index (χ1n) is 4.88. The molecule has 1 heteroatoms. The van der Waals surface area contributed by atoms with Gasteiger partial charge in [-0.05, 0) is 24.3 Å². The number of hydrogen-bond acceptors (Lipinski definition) is 1. The van der Waals surface area contributed by atoms with Crippen LogP contribution in [0.15, 0.2) is 30.3 Å². The number of hydrogen-bond donors (Lipinski definition) is 0. The van der Waals surface area contributed by atoms with E-state index >= 15 is 0 Å². The molecule has 0 heterocycles. The summed E-state index contributed by atoms with van der Waals surface area (Å²) < 4.78 is 5.03. The standard InChI is InChI=1S/C12H18O/c1-11(7-6-10-13-2)12-8-4-3-5-9-12/h3-5,8-9,11H,6-7,10H2,1-2H3/t11-/m0/s1. The van der Waals surface area contributed by atoms with Crippen molar-refractivity contribution in [2.45, 2.75) is 25.7 Å². The van der Waals surface area contributed by atoms with Crippen molar-refractivity contribution in [3.8, 4) is 0 Å². The molecule has 0 aromatic heterocycles. The normalized spacial score (nSPS) is 12.8. The van der Waals surface area contributed by atoms with E-state index in [1.165, 1.54) is 12.0 Å². The molecule has 0 amide bonds. The smallest absolute Gasteiger partial charge is 0.0462 e. The van der Waals surface area contributed by atoms with Crippen LogP contribution in [0, 0.1) is 0 Å². The fourth-order valence-corrected chi connectivity index (χ4v) is 1.48. The number of benzene rings is 1. The lowest BCUT2D eigenvalue weighted by atomic mass is 9.97. The molecule has 0 N–H and O–H groups in total. The minimum Gasteiger partial charge on any atom is -0.385 e. The van der Waals surface area contributed by atoms with E-state index in [2.05, 4.69) is 37.3 Å². The summed E-state index contributed by atoms with van der Waals surface area (Å²) in [5.74, 6) is 0.649. The second-order valence-electron chi connectivity index (χ2n) is 3.45. The van der Waals surface area contributed by atoms with Gasteiger partial charge >= 0.3 is 0 Å². The maximum absolute atomic E-state index is 5.03. The molecule has 72 valence electrons. The highest BCUT2D eigenvalue weighted by atomic mass is 16.5. The lowest BCUT2D eigenvalue weighted by Crippen LogP contribution is -1.96. The van der Waals surface area contributed by atoms with E-state index in [1.807, 2.05) is 0 Å². The maximum Gasteiger partial charge on any atom is 0.0462 e. The first-order chi connectivity index (χ1) is 6.34.